The predicted octanol–water partition coefficient (Wildman–Crippen LogP) is 4.78. The summed E-state index contributed by atoms with van der Waals surface area (Å²) in [5.41, 5.74) is 0.647. The molecule has 0 saturated heterocycles. The molecule has 1 unspecified atom stereocenters. The second-order valence-corrected chi connectivity index (χ2v) is 7.68. The van der Waals surface area contributed by atoms with Gasteiger partial charge in [-0.15, -0.1) is 11.8 Å². The van der Waals surface area contributed by atoms with Gasteiger partial charge in [-0.1, -0.05) is 53.5 Å². The average molecular weight is 370 g/mol. The van der Waals surface area contributed by atoms with E-state index in [-0.39, 0.29) is 5.44 Å². The fourth-order valence-corrected chi connectivity index (χ4v) is 3.39. The molecule has 0 aromatic heterocycles. The number of benzene rings is 2. The van der Waals surface area contributed by atoms with Gasteiger partial charge in [0.05, 0.1) is 0 Å². The summed E-state index contributed by atoms with van der Waals surface area (Å²) in [5, 5.41) is 13.9. The molecule has 0 radical (unpaired) electrons. The summed E-state index contributed by atoms with van der Waals surface area (Å²) in [7, 11) is 3.99. The molecule has 5 heteroatoms. The molecule has 124 valence electrons. The van der Waals surface area contributed by atoms with E-state index in [1.165, 1.54) is 22.2 Å². The Morgan fingerprint density at radius 3 is 2.09 bits per heavy atom. The third-order valence-corrected chi connectivity index (χ3v) is 5.17. The standard InChI is InChI=1S/C12H17Cl2NOS.C6H4/c1-15(2)6-5-12(16)17-8-9-3-4-10(13)7-11(9)14;1-2-6-4-3-5(1)6/h3-4,7,12,16H,5-6,8H2,1-2H3;1-4H. The molecule has 2 aliphatic carbocycles. The van der Waals surface area contributed by atoms with Crippen molar-refractivity contribution in [1.29, 1.82) is 0 Å². The van der Waals surface area contributed by atoms with Crippen LogP contribution in [0.15, 0.2) is 42.5 Å². The molecule has 3 rings (SSSR count). The van der Waals surface area contributed by atoms with Crippen molar-refractivity contribution in [3.05, 3.63) is 68.5 Å². The Labute approximate surface area is 151 Å². The quantitative estimate of drug-likeness (QED) is 0.632. The van der Waals surface area contributed by atoms with Crippen LogP contribution in [0.5, 0.6) is 0 Å². The van der Waals surface area contributed by atoms with Crippen LogP contribution in [0.3, 0.4) is 0 Å². The van der Waals surface area contributed by atoms with Gasteiger partial charge in [0.15, 0.2) is 0 Å². The lowest BCUT2D eigenvalue weighted by atomic mass is 10.1. The molecule has 0 saturated carbocycles. The van der Waals surface area contributed by atoms with Crippen molar-refractivity contribution in [3.63, 3.8) is 0 Å². The van der Waals surface area contributed by atoms with E-state index in [2.05, 4.69) is 29.2 Å². The van der Waals surface area contributed by atoms with Gasteiger partial charge in [0.2, 0.25) is 0 Å². The minimum absolute atomic E-state index is 0.357. The lowest BCUT2D eigenvalue weighted by Gasteiger charge is -2.14. The van der Waals surface area contributed by atoms with E-state index < -0.39 is 0 Å². The highest BCUT2D eigenvalue weighted by molar-refractivity contribution is 7.98. The fraction of sp³-hybridized carbons (Fsp3) is 0.333. The molecule has 2 nitrogen and oxygen atoms in total. The lowest BCUT2D eigenvalue weighted by molar-refractivity contribution is 0.232. The number of nitrogens with zero attached hydrogens (tertiary/aromatic N) is 1. The molecule has 0 fully saturated rings. The van der Waals surface area contributed by atoms with Crippen LogP contribution >= 0.6 is 35.0 Å². The molecule has 23 heavy (non-hydrogen) atoms. The molecule has 0 aliphatic heterocycles. The zero-order valence-corrected chi connectivity index (χ0v) is 15.6. The third-order valence-electron chi connectivity index (χ3n) is 3.49. The number of hydrogen-bond acceptors (Lipinski definition) is 3. The zero-order chi connectivity index (χ0) is 16.8. The Balaban J connectivity index is 0.000000260. The Morgan fingerprint density at radius 2 is 1.65 bits per heavy atom. The highest BCUT2D eigenvalue weighted by atomic mass is 35.5. The molecule has 1 N–H and O–H groups in total. The first-order valence-electron chi connectivity index (χ1n) is 7.44. The number of aliphatic hydroxyl groups is 1. The topological polar surface area (TPSA) is 23.5 Å². The van der Waals surface area contributed by atoms with Crippen LogP contribution in [0.1, 0.15) is 12.0 Å². The molecular formula is C18H21Cl2NOS. The van der Waals surface area contributed by atoms with Crippen LogP contribution in [0, 0.1) is 10.4 Å². The monoisotopic (exact) mass is 369 g/mol. The molecule has 0 spiro atoms. The van der Waals surface area contributed by atoms with E-state index in [1.54, 1.807) is 6.07 Å². The van der Waals surface area contributed by atoms with E-state index >= 15 is 0 Å². The van der Waals surface area contributed by atoms with Gasteiger partial charge in [-0.05, 0) is 48.6 Å². The van der Waals surface area contributed by atoms with E-state index in [4.69, 9.17) is 23.2 Å². The average Bonchev–Trinajstić information content (AvgIpc) is 2.48. The van der Waals surface area contributed by atoms with E-state index in [9.17, 15) is 5.11 Å². The van der Waals surface area contributed by atoms with Crippen LogP contribution in [0.2, 0.25) is 10.0 Å². The maximum atomic E-state index is 9.77. The van der Waals surface area contributed by atoms with Crippen molar-refractivity contribution in [2.75, 3.05) is 20.6 Å². The molecular weight excluding hydrogens is 349 g/mol. The number of aliphatic hydroxyl groups excluding tert-OH is 1. The number of thioether (sulfide) groups is 1. The van der Waals surface area contributed by atoms with Crippen LogP contribution in [0.4, 0.5) is 0 Å². The van der Waals surface area contributed by atoms with Gasteiger partial charge in [0.25, 0.3) is 0 Å². The van der Waals surface area contributed by atoms with Gasteiger partial charge in [-0.2, -0.15) is 0 Å². The minimum Gasteiger partial charge on any atom is -0.382 e. The maximum Gasteiger partial charge on any atom is 0.101 e. The van der Waals surface area contributed by atoms with Crippen LogP contribution in [-0.4, -0.2) is 36.1 Å². The lowest BCUT2D eigenvalue weighted by Crippen LogP contribution is -2.17. The Bertz CT molecular complexity index is 686. The summed E-state index contributed by atoms with van der Waals surface area (Å²) in [5.74, 6) is 0.699. The normalized spacial score (nSPS) is 12.6. The molecule has 1 aromatic carbocycles. The summed E-state index contributed by atoms with van der Waals surface area (Å²) in [4.78, 5) is 2.05. The summed E-state index contributed by atoms with van der Waals surface area (Å²) >= 11 is 13.4. The van der Waals surface area contributed by atoms with Crippen molar-refractivity contribution >= 4 is 35.0 Å². The second kappa shape index (κ2) is 8.95. The minimum atomic E-state index is -0.357. The van der Waals surface area contributed by atoms with Crippen molar-refractivity contribution in [1.82, 2.24) is 4.90 Å². The molecule has 0 heterocycles. The third kappa shape index (κ3) is 6.02. The molecule has 1 aromatic rings. The first-order valence-corrected chi connectivity index (χ1v) is 9.25. The first-order chi connectivity index (χ1) is 11.0. The van der Waals surface area contributed by atoms with Gasteiger partial charge in [0, 0.05) is 22.3 Å². The molecule has 0 bridgehead atoms. The molecule has 1 atom stereocenters. The van der Waals surface area contributed by atoms with Crippen LogP contribution < -0.4 is 0 Å². The molecule has 0 amide bonds. The number of halogens is 2. The van der Waals surface area contributed by atoms with Crippen LogP contribution in [-0.2, 0) is 5.75 Å². The summed E-state index contributed by atoms with van der Waals surface area (Å²) in [6.45, 7) is 0.877. The Hall–Kier alpha value is -0.710. The summed E-state index contributed by atoms with van der Waals surface area (Å²) < 4.78 is 0. The van der Waals surface area contributed by atoms with Gasteiger partial charge in [0.1, 0.15) is 5.44 Å². The molecule has 2 aliphatic rings. The first kappa shape index (κ1) is 18.6. The van der Waals surface area contributed by atoms with Crippen molar-refractivity contribution in [2.24, 2.45) is 0 Å². The van der Waals surface area contributed by atoms with Crippen LogP contribution in [0.25, 0.3) is 0 Å². The highest BCUT2D eigenvalue weighted by Crippen LogP contribution is 2.26. The van der Waals surface area contributed by atoms with E-state index in [1.807, 2.05) is 26.2 Å². The van der Waals surface area contributed by atoms with Crippen molar-refractivity contribution in [3.8, 4) is 0 Å². The summed E-state index contributed by atoms with van der Waals surface area (Å²) in [6, 6.07) is 13.9. The van der Waals surface area contributed by atoms with Gasteiger partial charge in [-0.25, -0.2) is 0 Å². The maximum absolute atomic E-state index is 9.77. The fourth-order valence-electron chi connectivity index (χ4n) is 1.94. The number of hydrogen-bond donors (Lipinski definition) is 1. The largest absolute Gasteiger partial charge is 0.382 e. The van der Waals surface area contributed by atoms with Gasteiger partial charge >= 0.3 is 0 Å². The smallest absolute Gasteiger partial charge is 0.101 e. The van der Waals surface area contributed by atoms with E-state index in [0.29, 0.717) is 15.8 Å². The second-order valence-electron chi connectivity index (χ2n) is 5.67. The Morgan fingerprint density at radius 1 is 1.04 bits per heavy atom. The van der Waals surface area contributed by atoms with Crippen molar-refractivity contribution < 1.29 is 5.11 Å². The number of rotatable bonds is 6. The van der Waals surface area contributed by atoms with Gasteiger partial charge < -0.3 is 10.0 Å². The predicted molar refractivity (Wildman–Crippen MR) is 101 cm³/mol. The highest BCUT2D eigenvalue weighted by Gasteiger charge is 2.08. The van der Waals surface area contributed by atoms with Gasteiger partial charge in [-0.3, -0.25) is 0 Å². The van der Waals surface area contributed by atoms with Crippen molar-refractivity contribution in [2.45, 2.75) is 17.6 Å². The Kier molecular flexibility index (Phi) is 7.25. The SMILES string of the molecule is CN(C)CCC(O)SCc1ccc(Cl)cc1Cl.c1cc2ccc1=2. The summed E-state index contributed by atoms with van der Waals surface area (Å²) in [6.07, 6.45) is 0.753. The zero-order valence-electron chi connectivity index (χ0n) is 13.3. The van der Waals surface area contributed by atoms with E-state index in [0.717, 1.165) is 18.5 Å².